The molecular weight excluding hydrogens is 120 g/mol. The first-order valence-electron chi connectivity index (χ1n) is 4.83. The van der Waals surface area contributed by atoms with Gasteiger partial charge in [0.1, 0.15) is 0 Å². The van der Waals surface area contributed by atoms with Crippen LogP contribution in [-0.2, 0) is 0 Å². The third-order valence-corrected chi connectivity index (χ3v) is 5.34. The summed E-state index contributed by atoms with van der Waals surface area (Å²) >= 11 is 0. The van der Waals surface area contributed by atoms with Crippen molar-refractivity contribution in [3.63, 3.8) is 0 Å². The van der Waals surface area contributed by atoms with Crippen molar-refractivity contribution in [1.29, 1.82) is 0 Å². The van der Waals surface area contributed by atoms with Gasteiger partial charge in [0, 0.05) is 0 Å². The van der Waals surface area contributed by atoms with Crippen LogP contribution in [0.2, 0.25) is 0 Å². The first-order valence-corrected chi connectivity index (χ1v) is 4.83. The van der Waals surface area contributed by atoms with E-state index in [-0.39, 0.29) is 0 Å². The average molecular weight is 134 g/mol. The molecule has 0 bridgehead atoms. The van der Waals surface area contributed by atoms with Crippen LogP contribution in [0.1, 0.15) is 26.2 Å². The molecule has 0 heterocycles. The van der Waals surface area contributed by atoms with Crippen molar-refractivity contribution in [3.8, 4) is 0 Å². The predicted octanol–water partition coefficient (Wildman–Crippen LogP) is 2.30. The normalized spacial score (nSPS) is 80.7. The Balaban J connectivity index is 1.87. The number of hydrogen-bond donors (Lipinski definition) is 0. The molecule has 10 heavy (non-hydrogen) atoms. The monoisotopic (exact) mass is 134 g/mol. The molecule has 0 aromatic rings. The second-order valence-electron chi connectivity index (χ2n) is 5.29. The molecule has 0 nitrogen and oxygen atoms in total. The molecule has 0 aromatic carbocycles. The molecule has 4 rings (SSSR count). The maximum absolute atomic E-state index is 2.51. The smallest absolute Gasteiger partial charge is 0.0227 e. The molecule has 1 spiro atoms. The summed E-state index contributed by atoms with van der Waals surface area (Å²) in [4.78, 5) is 0. The molecule has 0 radical (unpaired) electrons. The van der Waals surface area contributed by atoms with Gasteiger partial charge in [0.25, 0.3) is 0 Å². The minimum Gasteiger partial charge on any atom is -0.0619 e. The summed E-state index contributed by atoms with van der Waals surface area (Å²) in [6.45, 7) is 2.51. The van der Waals surface area contributed by atoms with Crippen molar-refractivity contribution in [1.82, 2.24) is 0 Å². The molecular formula is C10H14. The van der Waals surface area contributed by atoms with Crippen molar-refractivity contribution in [2.45, 2.75) is 26.2 Å². The molecule has 0 saturated heterocycles. The summed E-state index contributed by atoms with van der Waals surface area (Å²) in [6, 6.07) is 0. The summed E-state index contributed by atoms with van der Waals surface area (Å²) in [5.74, 6) is 6.02. The van der Waals surface area contributed by atoms with Gasteiger partial charge in [-0.2, -0.15) is 0 Å². The Labute approximate surface area is 62.0 Å². The number of hydrogen-bond acceptors (Lipinski definition) is 0. The van der Waals surface area contributed by atoms with Gasteiger partial charge in [-0.15, -0.1) is 0 Å². The highest BCUT2D eigenvalue weighted by molar-refractivity contribution is 5.28. The van der Waals surface area contributed by atoms with Crippen LogP contribution in [0.25, 0.3) is 0 Å². The van der Waals surface area contributed by atoms with Crippen molar-refractivity contribution in [3.05, 3.63) is 0 Å². The van der Waals surface area contributed by atoms with E-state index in [1.165, 1.54) is 23.7 Å². The summed E-state index contributed by atoms with van der Waals surface area (Å²) in [7, 11) is 0. The Kier molecular flexibility index (Phi) is 0.479. The van der Waals surface area contributed by atoms with E-state index in [1.54, 1.807) is 19.3 Å². The van der Waals surface area contributed by atoms with Crippen LogP contribution in [-0.4, -0.2) is 0 Å². The van der Waals surface area contributed by atoms with Gasteiger partial charge in [-0.25, -0.2) is 0 Å². The molecule has 6 unspecified atom stereocenters. The van der Waals surface area contributed by atoms with Crippen LogP contribution in [0.15, 0.2) is 0 Å². The van der Waals surface area contributed by atoms with Crippen LogP contribution in [0.5, 0.6) is 0 Å². The molecule has 4 aliphatic carbocycles. The van der Waals surface area contributed by atoms with Crippen molar-refractivity contribution in [2.75, 3.05) is 0 Å². The fourth-order valence-electron chi connectivity index (χ4n) is 4.88. The van der Waals surface area contributed by atoms with Gasteiger partial charge >= 0.3 is 0 Å². The second-order valence-corrected chi connectivity index (χ2v) is 5.29. The highest BCUT2D eigenvalue weighted by atomic mass is 14.8. The van der Waals surface area contributed by atoms with Gasteiger partial charge < -0.3 is 0 Å². The largest absolute Gasteiger partial charge is 0.0619 e. The van der Waals surface area contributed by atoms with E-state index in [0.717, 1.165) is 11.3 Å². The highest BCUT2D eigenvalue weighted by Crippen LogP contribution is 2.87. The van der Waals surface area contributed by atoms with Crippen molar-refractivity contribution < 1.29 is 0 Å². The predicted molar refractivity (Wildman–Crippen MR) is 39.4 cm³/mol. The Morgan fingerprint density at radius 3 is 2.80 bits per heavy atom. The van der Waals surface area contributed by atoms with Gasteiger partial charge in [0.05, 0.1) is 0 Å². The lowest BCUT2D eigenvalue weighted by molar-refractivity contribution is -0.0857. The Morgan fingerprint density at radius 1 is 1.30 bits per heavy atom. The van der Waals surface area contributed by atoms with Crippen LogP contribution < -0.4 is 0 Å². The lowest BCUT2D eigenvalue weighted by Crippen LogP contribution is -2.50. The van der Waals surface area contributed by atoms with E-state index >= 15 is 0 Å². The third-order valence-electron chi connectivity index (χ3n) is 5.34. The van der Waals surface area contributed by atoms with Crippen molar-refractivity contribution >= 4 is 0 Å². The summed E-state index contributed by atoms with van der Waals surface area (Å²) < 4.78 is 0. The van der Waals surface area contributed by atoms with Crippen molar-refractivity contribution in [2.24, 2.45) is 35.0 Å². The van der Waals surface area contributed by atoms with Gasteiger partial charge in [-0.05, 0) is 54.3 Å². The SMILES string of the molecule is CC1C2CC3CC4(CC14)C32. The third kappa shape index (κ3) is 0.245. The first kappa shape index (κ1) is 4.79. The summed E-state index contributed by atoms with van der Waals surface area (Å²) in [5.41, 5.74) is 0.993. The van der Waals surface area contributed by atoms with Gasteiger partial charge in [-0.1, -0.05) is 6.92 Å². The molecule has 4 fully saturated rings. The van der Waals surface area contributed by atoms with E-state index in [4.69, 9.17) is 0 Å². The summed E-state index contributed by atoms with van der Waals surface area (Å²) in [6.07, 6.45) is 4.89. The Morgan fingerprint density at radius 2 is 2.20 bits per heavy atom. The molecule has 0 aromatic heterocycles. The fraction of sp³-hybridized carbons (Fsp3) is 1.00. The molecule has 4 saturated carbocycles. The van der Waals surface area contributed by atoms with Crippen LogP contribution >= 0.6 is 0 Å². The molecule has 0 heteroatoms. The van der Waals surface area contributed by atoms with Gasteiger partial charge in [-0.3, -0.25) is 0 Å². The van der Waals surface area contributed by atoms with Crippen LogP contribution in [0.4, 0.5) is 0 Å². The van der Waals surface area contributed by atoms with E-state index in [0.29, 0.717) is 0 Å². The summed E-state index contributed by atoms with van der Waals surface area (Å²) in [5, 5.41) is 0. The van der Waals surface area contributed by atoms with Crippen LogP contribution in [0.3, 0.4) is 0 Å². The second kappa shape index (κ2) is 1.00. The van der Waals surface area contributed by atoms with E-state index in [1.807, 2.05) is 0 Å². The Bertz CT molecular complexity index is 216. The molecule has 4 aliphatic rings. The van der Waals surface area contributed by atoms with Crippen LogP contribution in [0, 0.1) is 35.0 Å². The highest BCUT2D eigenvalue weighted by Gasteiger charge is 2.80. The zero-order valence-electron chi connectivity index (χ0n) is 6.51. The minimum absolute atomic E-state index is 0.993. The first-order chi connectivity index (χ1) is 4.83. The maximum Gasteiger partial charge on any atom is -0.0227 e. The Hall–Kier alpha value is 0. The van der Waals surface area contributed by atoms with Gasteiger partial charge in [0.15, 0.2) is 0 Å². The molecule has 6 atom stereocenters. The molecule has 0 amide bonds. The van der Waals surface area contributed by atoms with E-state index in [2.05, 4.69) is 6.92 Å². The lowest BCUT2D eigenvalue weighted by atomic mass is 9.48. The maximum atomic E-state index is 2.51. The minimum atomic E-state index is 0.993. The molecule has 54 valence electrons. The van der Waals surface area contributed by atoms with E-state index < -0.39 is 0 Å². The standard InChI is InChI=1S/C10H14/c1-5-7-2-6-3-10(9(6)7)4-8(5)10/h5-9H,2-4H2,1H3. The quantitative estimate of drug-likeness (QED) is 0.477. The number of rotatable bonds is 0. The topological polar surface area (TPSA) is 0 Å². The average Bonchev–Trinajstić information content (AvgIpc) is 2.51. The van der Waals surface area contributed by atoms with Gasteiger partial charge in [0.2, 0.25) is 0 Å². The zero-order valence-corrected chi connectivity index (χ0v) is 6.51. The molecule has 0 N–H and O–H groups in total. The lowest BCUT2D eigenvalue weighted by Gasteiger charge is -2.57. The fourth-order valence-corrected chi connectivity index (χ4v) is 4.88. The zero-order chi connectivity index (χ0) is 6.51. The van der Waals surface area contributed by atoms with E-state index in [9.17, 15) is 0 Å². The molecule has 0 aliphatic heterocycles.